The van der Waals surface area contributed by atoms with Gasteiger partial charge in [0.15, 0.2) is 0 Å². The SMILES string of the molecule is CN(Cc1ccccc1)C(=O)CC/C(=C(/N)c1ccc(OC2CCCCC2)cc1)N(C)N. The fraction of sp³-hybridized carbons (Fsp3) is 0.423. The van der Waals surface area contributed by atoms with Gasteiger partial charge in [0.1, 0.15) is 5.75 Å². The average Bonchev–Trinajstić information content (AvgIpc) is 2.80. The Balaban J connectivity index is 1.61. The van der Waals surface area contributed by atoms with Gasteiger partial charge in [-0.25, -0.2) is 5.84 Å². The second kappa shape index (κ2) is 11.6. The van der Waals surface area contributed by atoms with Crippen LogP contribution in [0.5, 0.6) is 5.75 Å². The van der Waals surface area contributed by atoms with Crippen LogP contribution in [0.3, 0.4) is 0 Å². The Kier molecular flexibility index (Phi) is 8.56. The average molecular weight is 437 g/mol. The van der Waals surface area contributed by atoms with Gasteiger partial charge in [-0.15, -0.1) is 0 Å². The molecule has 4 N–H and O–H groups in total. The van der Waals surface area contributed by atoms with Gasteiger partial charge < -0.3 is 20.4 Å². The number of nitrogens with two attached hydrogens (primary N) is 2. The van der Waals surface area contributed by atoms with Gasteiger partial charge in [-0.1, -0.05) is 36.8 Å². The van der Waals surface area contributed by atoms with Crippen LogP contribution in [0.15, 0.2) is 60.3 Å². The van der Waals surface area contributed by atoms with Crippen molar-refractivity contribution in [3.8, 4) is 5.75 Å². The molecule has 1 aliphatic carbocycles. The molecule has 1 saturated carbocycles. The van der Waals surface area contributed by atoms with Crippen LogP contribution in [0.2, 0.25) is 0 Å². The molecule has 0 radical (unpaired) electrons. The predicted octanol–water partition coefficient (Wildman–Crippen LogP) is 4.27. The highest BCUT2D eigenvalue weighted by molar-refractivity contribution is 5.77. The number of carbonyl (C=O) groups is 1. The number of ether oxygens (including phenoxy) is 1. The standard InChI is InChI=1S/C26H36N4O2/c1-29(19-20-9-5-3-6-10-20)25(31)18-17-24(30(2)28)26(27)21-13-15-23(16-14-21)32-22-11-7-4-8-12-22/h3,5-6,9-10,13-16,22H,4,7-8,11-12,17-19,27-28H2,1-2H3/b26-24-. The van der Waals surface area contributed by atoms with E-state index >= 15 is 0 Å². The third-order valence-corrected chi connectivity index (χ3v) is 6.02. The topological polar surface area (TPSA) is 84.8 Å². The van der Waals surface area contributed by atoms with Crippen molar-refractivity contribution in [2.75, 3.05) is 14.1 Å². The molecule has 0 aliphatic heterocycles. The lowest BCUT2D eigenvalue weighted by atomic mass is 9.98. The van der Waals surface area contributed by atoms with E-state index in [9.17, 15) is 4.79 Å². The summed E-state index contributed by atoms with van der Waals surface area (Å²) in [5.41, 5.74) is 9.75. The summed E-state index contributed by atoms with van der Waals surface area (Å²) in [6.45, 7) is 0.578. The van der Waals surface area contributed by atoms with Crippen LogP contribution in [0.4, 0.5) is 0 Å². The summed E-state index contributed by atoms with van der Waals surface area (Å²) in [6, 6.07) is 17.8. The lowest BCUT2D eigenvalue weighted by molar-refractivity contribution is -0.130. The van der Waals surface area contributed by atoms with Gasteiger partial charge in [0.2, 0.25) is 5.91 Å². The van der Waals surface area contributed by atoms with Gasteiger partial charge in [-0.05, 0) is 67.5 Å². The Bertz CT molecular complexity index is 888. The van der Waals surface area contributed by atoms with Crippen LogP contribution in [-0.2, 0) is 11.3 Å². The molecule has 32 heavy (non-hydrogen) atoms. The summed E-state index contributed by atoms with van der Waals surface area (Å²) in [7, 11) is 3.57. The number of allylic oxidation sites excluding steroid dienone is 1. The summed E-state index contributed by atoms with van der Waals surface area (Å²) in [4.78, 5) is 14.4. The van der Waals surface area contributed by atoms with Gasteiger partial charge in [0, 0.05) is 27.1 Å². The number of rotatable bonds is 9. The van der Waals surface area contributed by atoms with E-state index in [4.69, 9.17) is 16.3 Å². The monoisotopic (exact) mass is 436 g/mol. The zero-order valence-electron chi connectivity index (χ0n) is 19.3. The van der Waals surface area contributed by atoms with E-state index in [-0.39, 0.29) is 5.91 Å². The van der Waals surface area contributed by atoms with Crippen LogP contribution >= 0.6 is 0 Å². The number of carbonyl (C=O) groups excluding carboxylic acids is 1. The largest absolute Gasteiger partial charge is 0.490 e. The maximum absolute atomic E-state index is 12.7. The highest BCUT2D eigenvalue weighted by atomic mass is 16.5. The molecule has 0 bridgehead atoms. The second-order valence-corrected chi connectivity index (χ2v) is 8.61. The highest BCUT2D eigenvalue weighted by Crippen LogP contribution is 2.25. The summed E-state index contributed by atoms with van der Waals surface area (Å²) in [5, 5.41) is 1.51. The lowest BCUT2D eigenvalue weighted by Gasteiger charge is -2.23. The maximum atomic E-state index is 12.7. The molecule has 0 atom stereocenters. The molecule has 0 spiro atoms. The molecular formula is C26H36N4O2. The van der Waals surface area contributed by atoms with Gasteiger partial charge in [-0.2, -0.15) is 0 Å². The van der Waals surface area contributed by atoms with Crippen molar-refractivity contribution in [2.24, 2.45) is 11.6 Å². The molecule has 1 aliphatic rings. The minimum Gasteiger partial charge on any atom is -0.490 e. The minimum atomic E-state index is 0.0530. The molecule has 0 saturated heterocycles. The molecule has 1 amide bonds. The van der Waals surface area contributed by atoms with Crippen molar-refractivity contribution in [3.05, 3.63) is 71.4 Å². The quantitative estimate of drug-likeness (QED) is 0.453. The van der Waals surface area contributed by atoms with Gasteiger partial charge in [0.05, 0.1) is 17.5 Å². The van der Waals surface area contributed by atoms with E-state index in [0.717, 1.165) is 35.4 Å². The number of hydrazine groups is 1. The third kappa shape index (κ3) is 6.76. The van der Waals surface area contributed by atoms with E-state index in [1.165, 1.54) is 24.3 Å². The molecule has 1 fully saturated rings. The Labute approximate surface area is 191 Å². The van der Waals surface area contributed by atoms with Crippen molar-refractivity contribution in [2.45, 2.75) is 57.6 Å². The lowest BCUT2D eigenvalue weighted by Crippen LogP contribution is -2.30. The Morgan fingerprint density at radius 3 is 2.25 bits per heavy atom. The normalized spacial score (nSPS) is 15.1. The Morgan fingerprint density at radius 1 is 0.969 bits per heavy atom. The zero-order chi connectivity index (χ0) is 22.9. The smallest absolute Gasteiger partial charge is 0.223 e. The first kappa shape index (κ1) is 23.7. The number of nitrogens with zero attached hydrogens (tertiary/aromatic N) is 2. The number of amides is 1. The summed E-state index contributed by atoms with van der Waals surface area (Å²) in [5.74, 6) is 6.98. The third-order valence-electron chi connectivity index (χ3n) is 6.02. The molecule has 3 rings (SSSR count). The second-order valence-electron chi connectivity index (χ2n) is 8.61. The predicted molar refractivity (Wildman–Crippen MR) is 129 cm³/mol. The van der Waals surface area contributed by atoms with Crippen molar-refractivity contribution in [1.29, 1.82) is 0 Å². The molecule has 172 valence electrons. The molecule has 0 heterocycles. The van der Waals surface area contributed by atoms with Crippen LogP contribution in [-0.4, -0.2) is 36.0 Å². The molecule has 6 nitrogen and oxygen atoms in total. The highest BCUT2D eigenvalue weighted by Gasteiger charge is 2.16. The van der Waals surface area contributed by atoms with Gasteiger partial charge >= 0.3 is 0 Å². The van der Waals surface area contributed by atoms with Gasteiger partial charge in [-0.3, -0.25) is 4.79 Å². The fourth-order valence-corrected chi connectivity index (χ4v) is 4.12. The van der Waals surface area contributed by atoms with Gasteiger partial charge in [0.25, 0.3) is 0 Å². The van der Waals surface area contributed by atoms with E-state index in [2.05, 4.69) is 0 Å². The summed E-state index contributed by atoms with van der Waals surface area (Å²) >= 11 is 0. The van der Waals surface area contributed by atoms with E-state index < -0.39 is 0 Å². The molecule has 0 unspecified atom stereocenters. The first-order valence-electron chi connectivity index (χ1n) is 11.5. The van der Waals surface area contributed by atoms with E-state index in [1.807, 2.05) is 61.6 Å². The number of hydrogen-bond acceptors (Lipinski definition) is 5. The number of benzene rings is 2. The van der Waals surface area contributed by atoms with Crippen molar-refractivity contribution >= 4 is 11.6 Å². The number of hydrogen-bond donors (Lipinski definition) is 2. The Morgan fingerprint density at radius 2 is 1.62 bits per heavy atom. The minimum absolute atomic E-state index is 0.0530. The van der Waals surface area contributed by atoms with Crippen molar-refractivity contribution in [3.63, 3.8) is 0 Å². The molecule has 6 heteroatoms. The van der Waals surface area contributed by atoms with Crippen LogP contribution in [0.1, 0.15) is 56.1 Å². The van der Waals surface area contributed by atoms with Crippen molar-refractivity contribution < 1.29 is 9.53 Å². The van der Waals surface area contributed by atoms with Crippen molar-refractivity contribution in [1.82, 2.24) is 9.91 Å². The fourth-order valence-electron chi connectivity index (χ4n) is 4.12. The first-order chi connectivity index (χ1) is 15.4. The maximum Gasteiger partial charge on any atom is 0.223 e. The van der Waals surface area contributed by atoms with E-state index in [1.54, 1.807) is 11.9 Å². The molecular weight excluding hydrogens is 400 g/mol. The van der Waals surface area contributed by atoms with E-state index in [0.29, 0.717) is 31.2 Å². The van der Waals surface area contributed by atoms with Crippen LogP contribution in [0.25, 0.3) is 5.70 Å². The molecule has 2 aromatic carbocycles. The molecule has 0 aromatic heterocycles. The molecule has 2 aromatic rings. The van der Waals surface area contributed by atoms with Crippen LogP contribution in [0, 0.1) is 0 Å². The van der Waals surface area contributed by atoms with Crippen LogP contribution < -0.4 is 16.3 Å². The Hall–Kier alpha value is -2.99. The summed E-state index contributed by atoms with van der Waals surface area (Å²) in [6.07, 6.45) is 7.15. The first-order valence-corrected chi connectivity index (χ1v) is 11.5. The zero-order valence-corrected chi connectivity index (χ0v) is 19.3. The summed E-state index contributed by atoms with van der Waals surface area (Å²) < 4.78 is 6.11.